The first-order valence-electron chi connectivity index (χ1n) is 7.02. The first-order chi connectivity index (χ1) is 9.56. The Morgan fingerprint density at radius 2 is 2.35 bits per heavy atom. The lowest BCUT2D eigenvalue weighted by Crippen LogP contribution is -2.42. The molecule has 20 heavy (non-hydrogen) atoms. The molecule has 2 atom stereocenters. The van der Waals surface area contributed by atoms with Gasteiger partial charge < -0.3 is 20.1 Å². The predicted octanol–water partition coefficient (Wildman–Crippen LogP) is 1.42. The van der Waals surface area contributed by atoms with E-state index in [1.54, 1.807) is 6.07 Å². The van der Waals surface area contributed by atoms with Crippen molar-refractivity contribution in [2.75, 3.05) is 33.4 Å². The van der Waals surface area contributed by atoms with Gasteiger partial charge in [-0.15, -0.1) is 0 Å². The molecule has 0 aromatic heterocycles. The fourth-order valence-electron chi connectivity index (χ4n) is 2.37. The first-order valence-corrected chi connectivity index (χ1v) is 7.02. The van der Waals surface area contributed by atoms with E-state index in [9.17, 15) is 4.39 Å². The van der Waals surface area contributed by atoms with E-state index in [1.807, 2.05) is 20.0 Å². The van der Waals surface area contributed by atoms with Gasteiger partial charge in [0, 0.05) is 19.1 Å². The van der Waals surface area contributed by atoms with Crippen LogP contribution in [0.1, 0.15) is 12.5 Å². The maximum Gasteiger partial charge on any atom is 0.165 e. The zero-order valence-corrected chi connectivity index (χ0v) is 12.1. The highest BCUT2D eigenvalue weighted by molar-refractivity contribution is 5.35. The molecule has 4 nitrogen and oxygen atoms in total. The smallest absolute Gasteiger partial charge is 0.165 e. The highest BCUT2D eigenvalue weighted by Gasteiger charge is 2.20. The molecule has 0 amide bonds. The third-order valence-electron chi connectivity index (χ3n) is 3.35. The van der Waals surface area contributed by atoms with E-state index in [2.05, 4.69) is 4.90 Å². The highest BCUT2D eigenvalue weighted by Crippen LogP contribution is 2.24. The second-order valence-electron chi connectivity index (χ2n) is 5.48. The van der Waals surface area contributed by atoms with E-state index in [1.165, 1.54) is 6.07 Å². The van der Waals surface area contributed by atoms with Gasteiger partial charge in [0.05, 0.1) is 6.61 Å². The second kappa shape index (κ2) is 7.02. The van der Waals surface area contributed by atoms with E-state index in [0.29, 0.717) is 25.4 Å². The molecule has 1 heterocycles. The van der Waals surface area contributed by atoms with Crippen LogP contribution in [0.4, 0.5) is 4.39 Å². The summed E-state index contributed by atoms with van der Waals surface area (Å²) in [5, 5.41) is 0. The Morgan fingerprint density at radius 3 is 3.05 bits per heavy atom. The minimum atomic E-state index is -0.340. The summed E-state index contributed by atoms with van der Waals surface area (Å²) in [5.74, 6) is -0.0334. The van der Waals surface area contributed by atoms with Crippen molar-refractivity contribution in [1.29, 1.82) is 0 Å². The van der Waals surface area contributed by atoms with Crippen LogP contribution < -0.4 is 10.5 Å². The van der Waals surface area contributed by atoms with Crippen LogP contribution in [0.15, 0.2) is 18.2 Å². The second-order valence-corrected chi connectivity index (χ2v) is 5.48. The third kappa shape index (κ3) is 4.16. The van der Waals surface area contributed by atoms with Crippen LogP contribution in [-0.4, -0.2) is 50.4 Å². The summed E-state index contributed by atoms with van der Waals surface area (Å²) >= 11 is 0. The number of hydrogen-bond donors (Lipinski definition) is 1. The zero-order valence-electron chi connectivity index (χ0n) is 12.1. The number of para-hydroxylation sites is 1. The van der Waals surface area contributed by atoms with Gasteiger partial charge in [0.25, 0.3) is 0 Å². The lowest BCUT2D eigenvalue weighted by atomic mass is 10.1. The van der Waals surface area contributed by atoms with Crippen molar-refractivity contribution in [2.24, 2.45) is 5.73 Å². The van der Waals surface area contributed by atoms with E-state index in [0.717, 1.165) is 18.7 Å². The van der Waals surface area contributed by atoms with Crippen molar-refractivity contribution in [1.82, 2.24) is 4.90 Å². The molecule has 0 saturated carbocycles. The van der Waals surface area contributed by atoms with Crippen LogP contribution in [0.2, 0.25) is 0 Å². The van der Waals surface area contributed by atoms with E-state index in [-0.39, 0.29) is 18.0 Å². The summed E-state index contributed by atoms with van der Waals surface area (Å²) in [7, 11) is 2.04. The van der Waals surface area contributed by atoms with Crippen molar-refractivity contribution < 1.29 is 13.9 Å². The molecule has 1 aromatic carbocycles. The van der Waals surface area contributed by atoms with Gasteiger partial charge in [0.1, 0.15) is 12.7 Å². The summed E-state index contributed by atoms with van der Waals surface area (Å²) in [6.07, 6.45) is 0.579. The molecule has 0 aliphatic carbocycles. The Balaban J connectivity index is 2.00. The minimum Gasteiger partial charge on any atom is -0.487 e. The fraction of sp³-hybridized carbons (Fsp3) is 0.600. The molecule has 1 aliphatic rings. The lowest BCUT2D eigenvalue weighted by Gasteiger charge is -2.30. The molecule has 1 saturated heterocycles. The van der Waals surface area contributed by atoms with Crippen LogP contribution in [0.5, 0.6) is 5.75 Å². The predicted molar refractivity (Wildman–Crippen MR) is 76.5 cm³/mol. The van der Waals surface area contributed by atoms with Gasteiger partial charge in [-0.05, 0) is 32.0 Å². The van der Waals surface area contributed by atoms with Crippen LogP contribution in [0.3, 0.4) is 0 Å². The molecule has 0 bridgehead atoms. The minimum absolute atomic E-state index is 0.0171. The van der Waals surface area contributed by atoms with Crippen LogP contribution >= 0.6 is 0 Å². The van der Waals surface area contributed by atoms with Gasteiger partial charge >= 0.3 is 0 Å². The molecule has 2 unspecified atom stereocenters. The summed E-state index contributed by atoms with van der Waals surface area (Å²) in [6.45, 7) is 4.67. The Labute approximate surface area is 119 Å². The molecule has 0 radical (unpaired) electrons. The number of hydrogen-bond acceptors (Lipinski definition) is 4. The number of nitrogens with zero attached hydrogens (tertiary/aromatic N) is 1. The van der Waals surface area contributed by atoms with Gasteiger partial charge in [0.2, 0.25) is 0 Å². The maximum absolute atomic E-state index is 13.9. The van der Waals surface area contributed by atoms with Crippen LogP contribution in [0.25, 0.3) is 0 Å². The fourth-order valence-corrected chi connectivity index (χ4v) is 2.37. The standard InChI is InChI=1S/C15H23FN2O2/c1-11(17)8-12-4-3-5-14(16)15(12)20-10-13-9-18(2)6-7-19-13/h3-5,11,13H,6-10,17H2,1-2H3. The number of ether oxygens (including phenoxy) is 2. The summed E-state index contributed by atoms with van der Waals surface area (Å²) < 4.78 is 25.2. The molecule has 1 aromatic rings. The van der Waals surface area contributed by atoms with E-state index >= 15 is 0 Å². The molecular formula is C15H23FN2O2. The Kier molecular flexibility index (Phi) is 5.34. The quantitative estimate of drug-likeness (QED) is 0.887. The SMILES string of the molecule is CC(N)Cc1cccc(F)c1OCC1CN(C)CCO1. The van der Waals surface area contributed by atoms with Crippen molar-refractivity contribution in [3.05, 3.63) is 29.6 Å². The summed E-state index contributed by atoms with van der Waals surface area (Å²) in [6, 6.07) is 4.92. The van der Waals surface area contributed by atoms with Crippen molar-refractivity contribution >= 4 is 0 Å². The van der Waals surface area contributed by atoms with Crippen molar-refractivity contribution in [2.45, 2.75) is 25.5 Å². The topological polar surface area (TPSA) is 47.7 Å². The van der Waals surface area contributed by atoms with Gasteiger partial charge in [-0.2, -0.15) is 0 Å². The molecule has 1 fully saturated rings. The average molecular weight is 282 g/mol. The molecule has 2 N–H and O–H groups in total. The van der Waals surface area contributed by atoms with Gasteiger partial charge in [-0.1, -0.05) is 12.1 Å². The first kappa shape index (κ1) is 15.2. The number of nitrogens with two attached hydrogens (primary N) is 1. The highest BCUT2D eigenvalue weighted by atomic mass is 19.1. The summed E-state index contributed by atoms with van der Waals surface area (Å²) in [4.78, 5) is 2.18. The molecular weight excluding hydrogens is 259 g/mol. The van der Waals surface area contributed by atoms with Crippen LogP contribution in [0, 0.1) is 5.82 Å². The zero-order chi connectivity index (χ0) is 14.5. The van der Waals surface area contributed by atoms with Crippen LogP contribution in [-0.2, 0) is 11.2 Å². The number of benzene rings is 1. The monoisotopic (exact) mass is 282 g/mol. The van der Waals surface area contributed by atoms with Crippen molar-refractivity contribution in [3.63, 3.8) is 0 Å². The largest absolute Gasteiger partial charge is 0.487 e. The average Bonchev–Trinajstić information content (AvgIpc) is 2.37. The molecule has 2 rings (SSSR count). The Bertz CT molecular complexity index is 440. The van der Waals surface area contributed by atoms with Crippen molar-refractivity contribution in [3.8, 4) is 5.75 Å². The Morgan fingerprint density at radius 1 is 1.55 bits per heavy atom. The molecule has 0 spiro atoms. The third-order valence-corrected chi connectivity index (χ3v) is 3.35. The lowest BCUT2D eigenvalue weighted by molar-refractivity contribution is -0.0409. The molecule has 112 valence electrons. The number of rotatable bonds is 5. The normalized spacial score (nSPS) is 21.7. The Hall–Kier alpha value is -1.17. The summed E-state index contributed by atoms with van der Waals surface area (Å²) in [5.41, 5.74) is 6.60. The van der Waals surface area contributed by atoms with Gasteiger partial charge in [0.15, 0.2) is 11.6 Å². The van der Waals surface area contributed by atoms with Gasteiger partial charge in [-0.25, -0.2) is 4.39 Å². The number of morpholine rings is 1. The molecule has 5 heteroatoms. The maximum atomic E-state index is 13.9. The molecule has 1 aliphatic heterocycles. The van der Waals surface area contributed by atoms with E-state index < -0.39 is 0 Å². The van der Waals surface area contributed by atoms with E-state index in [4.69, 9.17) is 15.2 Å². The number of likely N-dealkylation sites (N-methyl/N-ethyl adjacent to an activating group) is 1. The number of halogens is 1. The van der Waals surface area contributed by atoms with Gasteiger partial charge in [-0.3, -0.25) is 0 Å².